The summed E-state index contributed by atoms with van der Waals surface area (Å²) in [6.07, 6.45) is 4.70. The number of likely N-dealkylation sites (N-methyl/N-ethyl adjacent to an activating group) is 1. The molecule has 18 heavy (non-hydrogen) atoms. The third-order valence-corrected chi connectivity index (χ3v) is 4.72. The number of hydrogen-bond donors (Lipinski definition) is 0. The highest BCUT2D eigenvalue weighted by Crippen LogP contribution is 2.28. The summed E-state index contributed by atoms with van der Waals surface area (Å²) < 4.78 is 0. The first-order chi connectivity index (χ1) is 8.38. The third kappa shape index (κ3) is 3.12. The van der Waals surface area contributed by atoms with Crippen LogP contribution in [0.15, 0.2) is 0 Å². The van der Waals surface area contributed by atoms with Gasteiger partial charge in [0.2, 0.25) is 0 Å². The number of nitrogens with zero attached hydrogens (tertiary/aromatic N) is 2. The van der Waals surface area contributed by atoms with E-state index < -0.39 is 0 Å². The molecule has 0 N–H and O–H groups in total. The quantitative estimate of drug-likeness (QED) is 0.769. The van der Waals surface area contributed by atoms with Gasteiger partial charge in [-0.1, -0.05) is 20.8 Å². The summed E-state index contributed by atoms with van der Waals surface area (Å²) in [5.74, 6) is 0.394. The van der Waals surface area contributed by atoms with Gasteiger partial charge in [0.25, 0.3) is 0 Å². The Kier molecular flexibility index (Phi) is 4.12. The molecule has 2 atom stereocenters. The highest BCUT2D eigenvalue weighted by atomic mass is 16.1. The highest BCUT2D eigenvalue weighted by molar-refractivity contribution is 5.83. The fourth-order valence-corrected chi connectivity index (χ4v) is 3.22. The number of carbonyl (C=O) groups excluding carboxylic acids is 1. The van der Waals surface area contributed by atoms with Crippen LogP contribution in [0.5, 0.6) is 0 Å². The summed E-state index contributed by atoms with van der Waals surface area (Å²) in [5, 5.41) is 0. The molecule has 0 amide bonds. The molecule has 0 aromatic rings. The number of Topliss-reactive ketones (excluding diaryl/α,β-unsaturated/α-hetero) is 1. The van der Waals surface area contributed by atoms with Gasteiger partial charge in [-0.3, -0.25) is 9.69 Å². The fraction of sp³-hybridized carbons (Fsp3) is 0.933. The Bertz CT molecular complexity index is 308. The first-order valence-corrected chi connectivity index (χ1v) is 7.35. The zero-order chi connectivity index (χ0) is 13.3. The molecule has 2 fully saturated rings. The Morgan fingerprint density at radius 2 is 1.83 bits per heavy atom. The van der Waals surface area contributed by atoms with Gasteiger partial charge in [0.1, 0.15) is 5.78 Å². The van der Waals surface area contributed by atoms with Gasteiger partial charge in [0, 0.05) is 37.0 Å². The number of carbonyl (C=O) groups is 1. The molecule has 2 aliphatic rings. The lowest BCUT2D eigenvalue weighted by Gasteiger charge is -2.26. The smallest absolute Gasteiger partial charge is 0.139 e. The minimum atomic E-state index is -0.179. The van der Waals surface area contributed by atoms with Crippen LogP contribution in [-0.2, 0) is 4.79 Å². The van der Waals surface area contributed by atoms with E-state index in [1.54, 1.807) is 0 Å². The molecule has 2 unspecified atom stereocenters. The van der Waals surface area contributed by atoms with Gasteiger partial charge >= 0.3 is 0 Å². The van der Waals surface area contributed by atoms with Crippen LogP contribution in [0.2, 0.25) is 0 Å². The molecule has 2 heterocycles. The second-order valence-corrected chi connectivity index (χ2v) is 7.06. The van der Waals surface area contributed by atoms with Crippen molar-refractivity contribution >= 4 is 5.78 Å². The van der Waals surface area contributed by atoms with Crippen molar-refractivity contribution in [3.8, 4) is 0 Å². The van der Waals surface area contributed by atoms with E-state index in [1.807, 2.05) is 20.8 Å². The maximum absolute atomic E-state index is 12.0. The molecule has 2 saturated heterocycles. The fourth-order valence-electron chi connectivity index (χ4n) is 3.22. The van der Waals surface area contributed by atoms with Crippen molar-refractivity contribution < 1.29 is 4.79 Å². The number of likely N-dealkylation sites (tertiary alicyclic amines) is 1. The molecule has 104 valence electrons. The minimum absolute atomic E-state index is 0.179. The SMILES string of the molecule is CN1C2CCC1CN(CCC(=O)C(C)(C)C)CC2. The number of rotatable bonds is 3. The Hall–Kier alpha value is -0.410. The van der Waals surface area contributed by atoms with Crippen molar-refractivity contribution in [2.45, 2.75) is 58.5 Å². The predicted molar refractivity (Wildman–Crippen MR) is 74.7 cm³/mol. The van der Waals surface area contributed by atoms with Crippen LogP contribution in [0.3, 0.4) is 0 Å². The van der Waals surface area contributed by atoms with E-state index in [1.165, 1.54) is 25.8 Å². The van der Waals surface area contributed by atoms with Crippen molar-refractivity contribution in [3.05, 3.63) is 0 Å². The first-order valence-electron chi connectivity index (χ1n) is 7.35. The van der Waals surface area contributed by atoms with Gasteiger partial charge < -0.3 is 4.90 Å². The lowest BCUT2D eigenvalue weighted by molar-refractivity contribution is -0.126. The number of hydrogen-bond acceptors (Lipinski definition) is 3. The van der Waals surface area contributed by atoms with E-state index in [2.05, 4.69) is 16.8 Å². The molecule has 0 saturated carbocycles. The topological polar surface area (TPSA) is 23.6 Å². The normalized spacial score (nSPS) is 30.4. The van der Waals surface area contributed by atoms with Crippen molar-refractivity contribution in [2.24, 2.45) is 5.41 Å². The van der Waals surface area contributed by atoms with E-state index in [4.69, 9.17) is 0 Å². The van der Waals surface area contributed by atoms with E-state index in [0.29, 0.717) is 12.2 Å². The average Bonchev–Trinajstić information content (AvgIpc) is 2.50. The summed E-state index contributed by atoms with van der Waals surface area (Å²) in [6.45, 7) is 9.34. The van der Waals surface area contributed by atoms with E-state index in [0.717, 1.165) is 25.2 Å². The second kappa shape index (κ2) is 5.30. The second-order valence-electron chi connectivity index (χ2n) is 7.06. The molecule has 3 heteroatoms. The number of ketones is 1. The summed E-state index contributed by atoms with van der Waals surface area (Å²) in [4.78, 5) is 17.0. The zero-order valence-electron chi connectivity index (χ0n) is 12.4. The van der Waals surface area contributed by atoms with Gasteiger partial charge in [-0.15, -0.1) is 0 Å². The monoisotopic (exact) mass is 252 g/mol. The summed E-state index contributed by atoms with van der Waals surface area (Å²) >= 11 is 0. The molecule has 0 aliphatic carbocycles. The Morgan fingerprint density at radius 3 is 2.50 bits per heavy atom. The van der Waals surface area contributed by atoms with E-state index in [-0.39, 0.29) is 5.41 Å². The van der Waals surface area contributed by atoms with Gasteiger partial charge in [0.15, 0.2) is 0 Å². The van der Waals surface area contributed by atoms with Crippen molar-refractivity contribution in [3.63, 3.8) is 0 Å². The van der Waals surface area contributed by atoms with Crippen molar-refractivity contribution in [2.75, 3.05) is 26.7 Å². The Morgan fingerprint density at radius 1 is 1.17 bits per heavy atom. The maximum Gasteiger partial charge on any atom is 0.139 e. The molecule has 2 bridgehead atoms. The van der Waals surface area contributed by atoms with Crippen LogP contribution in [0.1, 0.15) is 46.5 Å². The van der Waals surface area contributed by atoms with E-state index in [9.17, 15) is 4.79 Å². The zero-order valence-corrected chi connectivity index (χ0v) is 12.4. The molecule has 0 spiro atoms. The molecular weight excluding hydrogens is 224 g/mol. The van der Waals surface area contributed by atoms with E-state index >= 15 is 0 Å². The molecule has 0 aromatic carbocycles. The van der Waals surface area contributed by atoms with Gasteiger partial charge in [0.05, 0.1) is 0 Å². The van der Waals surface area contributed by atoms with Crippen LogP contribution >= 0.6 is 0 Å². The molecule has 3 nitrogen and oxygen atoms in total. The Labute approximate surface area is 112 Å². The molecule has 2 rings (SSSR count). The van der Waals surface area contributed by atoms with Crippen LogP contribution in [0.25, 0.3) is 0 Å². The lowest BCUT2D eigenvalue weighted by atomic mass is 9.89. The molecule has 0 aromatic heterocycles. The van der Waals surface area contributed by atoms with Crippen molar-refractivity contribution in [1.29, 1.82) is 0 Å². The van der Waals surface area contributed by atoms with Gasteiger partial charge in [-0.05, 0) is 32.9 Å². The minimum Gasteiger partial charge on any atom is -0.301 e. The third-order valence-electron chi connectivity index (χ3n) is 4.72. The Balaban J connectivity index is 1.83. The number of fused-ring (bicyclic) bond motifs is 2. The van der Waals surface area contributed by atoms with Gasteiger partial charge in [-0.2, -0.15) is 0 Å². The average molecular weight is 252 g/mol. The summed E-state index contributed by atoms with van der Waals surface area (Å²) in [7, 11) is 2.27. The largest absolute Gasteiger partial charge is 0.301 e. The van der Waals surface area contributed by atoms with Gasteiger partial charge in [-0.25, -0.2) is 0 Å². The molecule has 2 aliphatic heterocycles. The molecule has 0 radical (unpaired) electrons. The first kappa shape index (κ1) is 14.0. The predicted octanol–water partition coefficient (Wildman–Crippen LogP) is 2.16. The summed E-state index contributed by atoms with van der Waals surface area (Å²) in [6, 6.07) is 1.51. The maximum atomic E-state index is 12.0. The standard InChI is InChI=1S/C15H28N2O/c1-15(2,3)14(18)8-10-17-9-7-12-5-6-13(11-17)16(12)4/h12-13H,5-11H2,1-4H3. The molecular formula is C15H28N2O. The van der Waals surface area contributed by atoms with Crippen LogP contribution in [0.4, 0.5) is 0 Å². The van der Waals surface area contributed by atoms with Crippen LogP contribution in [0, 0.1) is 5.41 Å². The lowest BCUT2D eigenvalue weighted by Crippen LogP contribution is -2.38. The van der Waals surface area contributed by atoms with Crippen molar-refractivity contribution in [1.82, 2.24) is 9.80 Å². The van der Waals surface area contributed by atoms with Crippen LogP contribution < -0.4 is 0 Å². The highest BCUT2D eigenvalue weighted by Gasteiger charge is 2.34. The van der Waals surface area contributed by atoms with Crippen LogP contribution in [-0.4, -0.2) is 54.3 Å². The summed E-state index contributed by atoms with van der Waals surface area (Å²) in [5.41, 5.74) is -0.179.